The molecule has 0 saturated heterocycles. The van der Waals surface area contributed by atoms with E-state index in [0.717, 1.165) is 16.2 Å². The van der Waals surface area contributed by atoms with Crippen LogP contribution >= 0.6 is 23.1 Å². The van der Waals surface area contributed by atoms with Crippen LogP contribution in [0.15, 0.2) is 52.7 Å². The van der Waals surface area contributed by atoms with Crippen LogP contribution in [-0.2, 0) is 0 Å². The maximum absolute atomic E-state index is 12.5. The van der Waals surface area contributed by atoms with Crippen molar-refractivity contribution in [1.82, 2.24) is 4.98 Å². The molecule has 0 bridgehead atoms. The number of thioether (sulfide) groups is 1. The summed E-state index contributed by atoms with van der Waals surface area (Å²) in [6, 6.07) is 13.9. The van der Waals surface area contributed by atoms with E-state index in [1.54, 1.807) is 11.8 Å². The van der Waals surface area contributed by atoms with E-state index < -0.39 is 0 Å². The fourth-order valence-corrected chi connectivity index (χ4v) is 3.67. The first kappa shape index (κ1) is 16.7. The highest BCUT2D eigenvalue weighted by Gasteiger charge is 2.13. The molecule has 0 aliphatic heterocycles. The van der Waals surface area contributed by atoms with Crippen molar-refractivity contribution in [3.8, 4) is 11.3 Å². The van der Waals surface area contributed by atoms with Crippen molar-refractivity contribution in [3.05, 3.63) is 64.5 Å². The molecular weight excluding hydrogens is 336 g/mol. The Labute approximate surface area is 150 Å². The lowest BCUT2D eigenvalue weighted by molar-refractivity contribution is 0.102. The second-order valence-corrected chi connectivity index (χ2v) is 7.20. The number of rotatable bonds is 4. The van der Waals surface area contributed by atoms with Crippen LogP contribution in [0.1, 0.15) is 21.5 Å². The van der Waals surface area contributed by atoms with Gasteiger partial charge in [-0.2, -0.15) is 0 Å². The number of nitrogens with one attached hydrogen (secondary N) is 1. The van der Waals surface area contributed by atoms with E-state index in [-0.39, 0.29) is 5.91 Å². The molecule has 122 valence electrons. The van der Waals surface area contributed by atoms with Gasteiger partial charge in [-0.25, -0.2) is 4.98 Å². The molecule has 0 fully saturated rings. The third-order valence-corrected chi connectivity index (χ3v) is 5.43. The SMILES string of the molecule is CSc1ccccc1C(=O)Nc1nc(-c2ccc(C)c(C)c2)cs1. The van der Waals surface area contributed by atoms with Crippen LogP contribution in [0, 0.1) is 13.8 Å². The number of thiazole rings is 1. The van der Waals surface area contributed by atoms with E-state index in [1.165, 1.54) is 22.5 Å². The van der Waals surface area contributed by atoms with Crippen LogP contribution in [0.5, 0.6) is 0 Å². The van der Waals surface area contributed by atoms with Crippen LogP contribution in [0.3, 0.4) is 0 Å². The first-order valence-electron chi connectivity index (χ1n) is 7.56. The number of carbonyl (C=O) groups excluding carboxylic acids is 1. The highest BCUT2D eigenvalue weighted by molar-refractivity contribution is 7.98. The van der Waals surface area contributed by atoms with Crippen molar-refractivity contribution in [1.29, 1.82) is 0 Å². The molecule has 24 heavy (non-hydrogen) atoms. The van der Waals surface area contributed by atoms with Crippen LogP contribution in [0.25, 0.3) is 11.3 Å². The van der Waals surface area contributed by atoms with Gasteiger partial charge in [0.05, 0.1) is 11.3 Å². The molecule has 3 nitrogen and oxygen atoms in total. The molecule has 1 aromatic heterocycles. The van der Waals surface area contributed by atoms with E-state index >= 15 is 0 Å². The molecular formula is C19H18N2OS2. The van der Waals surface area contributed by atoms with E-state index in [1.807, 2.05) is 35.9 Å². The Morgan fingerprint density at radius 1 is 1.12 bits per heavy atom. The molecule has 3 aromatic rings. The van der Waals surface area contributed by atoms with Crippen LogP contribution in [0.4, 0.5) is 5.13 Å². The molecule has 0 radical (unpaired) electrons. The van der Waals surface area contributed by atoms with Crippen molar-refractivity contribution in [2.24, 2.45) is 0 Å². The number of aryl methyl sites for hydroxylation is 2. The quantitative estimate of drug-likeness (QED) is 0.638. The Morgan fingerprint density at radius 2 is 1.92 bits per heavy atom. The van der Waals surface area contributed by atoms with Gasteiger partial charge in [0, 0.05) is 15.8 Å². The number of aromatic nitrogens is 1. The molecule has 1 heterocycles. The number of benzene rings is 2. The van der Waals surface area contributed by atoms with Crippen molar-refractivity contribution in [2.75, 3.05) is 11.6 Å². The number of hydrogen-bond acceptors (Lipinski definition) is 4. The van der Waals surface area contributed by atoms with Gasteiger partial charge in [-0.3, -0.25) is 10.1 Å². The minimum Gasteiger partial charge on any atom is -0.298 e. The Bertz CT molecular complexity index is 887. The van der Waals surface area contributed by atoms with E-state index in [0.29, 0.717) is 10.7 Å². The standard InChI is InChI=1S/C19H18N2OS2/c1-12-8-9-14(10-13(12)2)16-11-24-19(20-16)21-18(22)15-6-4-5-7-17(15)23-3/h4-11H,1-3H3,(H,20,21,22). The summed E-state index contributed by atoms with van der Waals surface area (Å²) in [6.07, 6.45) is 1.97. The summed E-state index contributed by atoms with van der Waals surface area (Å²) >= 11 is 3.00. The van der Waals surface area contributed by atoms with Gasteiger partial charge in [0.2, 0.25) is 0 Å². The minimum absolute atomic E-state index is 0.124. The third kappa shape index (κ3) is 3.52. The van der Waals surface area contributed by atoms with Crippen molar-refractivity contribution in [2.45, 2.75) is 18.7 Å². The molecule has 0 saturated carbocycles. The molecule has 5 heteroatoms. The predicted octanol–water partition coefficient (Wildman–Crippen LogP) is 5.40. The fourth-order valence-electron chi connectivity index (χ4n) is 2.36. The van der Waals surface area contributed by atoms with Crippen LogP contribution in [-0.4, -0.2) is 17.1 Å². The molecule has 0 unspecified atom stereocenters. The zero-order valence-corrected chi connectivity index (χ0v) is 15.4. The Morgan fingerprint density at radius 3 is 2.67 bits per heavy atom. The van der Waals surface area contributed by atoms with Crippen molar-refractivity contribution < 1.29 is 4.79 Å². The van der Waals surface area contributed by atoms with E-state index in [9.17, 15) is 4.79 Å². The maximum atomic E-state index is 12.5. The maximum Gasteiger partial charge on any atom is 0.258 e. The Balaban J connectivity index is 1.81. The van der Waals surface area contributed by atoms with Crippen LogP contribution in [0.2, 0.25) is 0 Å². The van der Waals surface area contributed by atoms with Gasteiger partial charge in [0.15, 0.2) is 5.13 Å². The van der Waals surface area contributed by atoms with Crippen LogP contribution < -0.4 is 5.32 Å². The first-order valence-corrected chi connectivity index (χ1v) is 9.66. The van der Waals surface area contributed by atoms with Gasteiger partial charge in [-0.05, 0) is 49.4 Å². The predicted molar refractivity (Wildman–Crippen MR) is 103 cm³/mol. The summed E-state index contributed by atoms with van der Waals surface area (Å²) in [5.41, 5.74) is 5.13. The lowest BCUT2D eigenvalue weighted by Gasteiger charge is -2.06. The molecule has 2 aromatic carbocycles. The first-order chi connectivity index (χ1) is 11.6. The number of hydrogen-bond donors (Lipinski definition) is 1. The second kappa shape index (κ2) is 7.20. The van der Waals surface area contributed by atoms with Crippen molar-refractivity contribution in [3.63, 3.8) is 0 Å². The molecule has 3 rings (SSSR count). The van der Waals surface area contributed by atoms with Gasteiger partial charge in [0.1, 0.15) is 0 Å². The summed E-state index contributed by atoms with van der Waals surface area (Å²) in [6.45, 7) is 4.18. The number of anilines is 1. The fraction of sp³-hybridized carbons (Fsp3) is 0.158. The van der Waals surface area contributed by atoms with Gasteiger partial charge < -0.3 is 0 Å². The smallest absolute Gasteiger partial charge is 0.258 e. The molecule has 0 spiro atoms. The molecule has 1 N–H and O–H groups in total. The highest BCUT2D eigenvalue weighted by atomic mass is 32.2. The lowest BCUT2D eigenvalue weighted by Crippen LogP contribution is -2.12. The van der Waals surface area contributed by atoms with Gasteiger partial charge in [0.25, 0.3) is 5.91 Å². The minimum atomic E-state index is -0.124. The number of nitrogens with zero attached hydrogens (tertiary/aromatic N) is 1. The molecule has 0 aliphatic rings. The summed E-state index contributed by atoms with van der Waals surface area (Å²) in [5.74, 6) is -0.124. The molecule has 0 aliphatic carbocycles. The summed E-state index contributed by atoms with van der Waals surface area (Å²) in [7, 11) is 0. The molecule has 1 amide bonds. The zero-order valence-electron chi connectivity index (χ0n) is 13.8. The number of carbonyl (C=O) groups is 1. The highest BCUT2D eigenvalue weighted by Crippen LogP contribution is 2.27. The normalized spacial score (nSPS) is 10.6. The van der Waals surface area contributed by atoms with E-state index in [2.05, 4.69) is 42.3 Å². The summed E-state index contributed by atoms with van der Waals surface area (Å²) in [4.78, 5) is 18.0. The lowest BCUT2D eigenvalue weighted by atomic mass is 10.1. The Hall–Kier alpha value is -2.11. The van der Waals surface area contributed by atoms with Gasteiger partial charge >= 0.3 is 0 Å². The van der Waals surface area contributed by atoms with Gasteiger partial charge in [-0.1, -0.05) is 24.3 Å². The monoisotopic (exact) mass is 354 g/mol. The Kier molecular flexibility index (Phi) is 5.02. The van der Waals surface area contributed by atoms with Crippen molar-refractivity contribution >= 4 is 34.1 Å². The third-order valence-electron chi connectivity index (χ3n) is 3.88. The second-order valence-electron chi connectivity index (χ2n) is 5.49. The largest absolute Gasteiger partial charge is 0.298 e. The average molecular weight is 355 g/mol. The summed E-state index contributed by atoms with van der Waals surface area (Å²) in [5, 5.41) is 5.49. The zero-order chi connectivity index (χ0) is 17.1. The van der Waals surface area contributed by atoms with Gasteiger partial charge in [-0.15, -0.1) is 23.1 Å². The van der Waals surface area contributed by atoms with E-state index in [4.69, 9.17) is 0 Å². The summed E-state index contributed by atoms with van der Waals surface area (Å²) < 4.78 is 0. The molecule has 0 atom stereocenters. The average Bonchev–Trinajstić information content (AvgIpc) is 3.05. The number of amides is 1. The topological polar surface area (TPSA) is 42.0 Å².